The lowest BCUT2D eigenvalue weighted by Crippen LogP contribution is -2.48. The minimum Gasteiger partial charge on any atom is -0.351 e. The summed E-state index contributed by atoms with van der Waals surface area (Å²) in [5.41, 5.74) is 1.06. The third kappa shape index (κ3) is 3.44. The molecule has 1 N–H and O–H groups in total. The summed E-state index contributed by atoms with van der Waals surface area (Å²) in [6, 6.07) is 12.4. The zero-order valence-electron chi connectivity index (χ0n) is 13.3. The summed E-state index contributed by atoms with van der Waals surface area (Å²) in [5, 5.41) is 6.27. The zero-order chi connectivity index (χ0) is 16.4. The van der Waals surface area contributed by atoms with Crippen molar-refractivity contribution in [1.29, 1.82) is 0 Å². The van der Waals surface area contributed by atoms with Gasteiger partial charge in [0.05, 0.1) is 16.6 Å². The Morgan fingerprint density at radius 1 is 1.29 bits per heavy atom. The maximum atomic E-state index is 12.2. The van der Waals surface area contributed by atoms with Crippen LogP contribution >= 0.6 is 22.7 Å². The Morgan fingerprint density at radius 2 is 2.21 bits per heavy atom. The second kappa shape index (κ2) is 6.91. The van der Waals surface area contributed by atoms with E-state index in [1.165, 1.54) is 4.70 Å². The maximum Gasteiger partial charge on any atom is 0.225 e. The van der Waals surface area contributed by atoms with E-state index >= 15 is 0 Å². The Kier molecular flexibility index (Phi) is 4.49. The fourth-order valence-corrected chi connectivity index (χ4v) is 4.82. The number of nitrogens with zero attached hydrogens (tertiary/aromatic N) is 2. The molecule has 24 heavy (non-hydrogen) atoms. The number of para-hydroxylation sites is 1. The van der Waals surface area contributed by atoms with Gasteiger partial charge in [0.15, 0.2) is 5.13 Å². The van der Waals surface area contributed by atoms with E-state index < -0.39 is 0 Å². The molecular weight excluding hydrogens is 338 g/mol. The third-order valence-electron chi connectivity index (χ3n) is 4.25. The number of rotatable bonds is 4. The normalized spacial score (nSPS) is 18.0. The SMILES string of the molecule is O=C(Cc1cccs1)N[C@@H]1CCCN(c2nc3ccccc3s2)C1. The summed E-state index contributed by atoms with van der Waals surface area (Å²) in [5.74, 6) is 0.119. The van der Waals surface area contributed by atoms with Gasteiger partial charge in [-0.1, -0.05) is 29.5 Å². The van der Waals surface area contributed by atoms with Crippen LogP contribution in [0.15, 0.2) is 41.8 Å². The van der Waals surface area contributed by atoms with Gasteiger partial charge in [-0.15, -0.1) is 11.3 Å². The molecular formula is C18H19N3OS2. The van der Waals surface area contributed by atoms with Crippen molar-refractivity contribution in [2.45, 2.75) is 25.3 Å². The Hall–Kier alpha value is -1.92. The molecule has 1 amide bonds. The molecule has 0 radical (unpaired) electrons. The van der Waals surface area contributed by atoms with Crippen molar-refractivity contribution in [2.75, 3.05) is 18.0 Å². The third-order valence-corrected chi connectivity index (χ3v) is 6.23. The van der Waals surface area contributed by atoms with Crippen LogP contribution in [0.2, 0.25) is 0 Å². The fraction of sp³-hybridized carbons (Fsp3) is 0.333. The Labute approximate surface area is 149 Å². The minimum absolute atomic E-state index is 0.119. The topological polar surface area (TPSA) is 45.2 Å². The highest BCUT2D eigenvalue weighted by Gasteiger charge is 2.23. The fourth-order valence-electron chi connectivity index (χ4n) is 3.11. The predicted molar refractivity (Wildman–Crippen MR) is 101 cm³/mol. The molecule has 3 aromatic rings. The van der Waals surface area contributed by atoms with Crippen molar-refractivity contribution in [3.05, 3.63) is 46.7 Å². The van der Waals surface area contributed by atoms with E-state index in [9.17, 15) is 4.79 Å². The van der Waals surface area contributed by atoms with E-state index in [1.54, 1.807) is 22.7 Å². The Morgan fingerprint density at radius 3 is 3.04 bits per heavy atom. The van der Waals surface area contributed by atoms with Crippen molar-refractivity contribution in [1.82, 2.24) is 10.3 Å². The van der Waals surface area contributed by atoms with Crippen molar-refractivity contribution in [3.63, 3.8) is 0 Å². The van der Waals surface area contributed by atoms with Crippen LogP contribution in [-0.2, 0) is 11.2 Å². The largest absolute Gasteiger partial charge is 0.351 e. The van der Waals surface area contributed by atoms with Gasteiger partial charge in [-0.3, -0.25) is 4.79 Å². The summed E-state index contributed by atoms with van der Waals surface area (Å²) < 4.78 is 1.22. The molecule has 124 valence electrons. The van der Waals surface area contributed by atoms with E-state index in [0.717, 1.165) is 41.5 Å². The highest BCUT2D eigenvalue weighted by atomic mass is 32.1. The molecule has 1 saturated heterocycles. The average molecular weight is 358 g/mol. The first-order valence-electron chi connectivity index (χ1n) is 8.20. The summed E-state index contributed by atoms with van der Waals surface area (Å²) >= 11 is 3.37. The quantitative estimate of drug-likeness (QED) is 0.775. The summed E-state index contributed by atoms with van der Waals surface area (Å²) in [4.78, 5) is 20.4. The molecule has 1 aromatic carbocycles. The van der Waals surface area contributed by atoms with Crippen molar-refractivity contribution in [3.8, 4) is 0 Å². The number of aromatic nitrogens is 1. The number of hydrogen-bond donors (Lipinski definition) is 1. The highest BCUT2D eigenvalue weighted by Crippen LogP contribution is 2.30. The highest BCUT2D eigenvalue weighted by molar-refractivity contribution is 7.22. The van der Waals surface area contributed by atoms with E-state index in [-0.39, 0.29) is 11.9 Å². The molecule has 4 rings (SSSR count). The van der Waals surface area contributed by atoms with Gasteiger partial charge in [0.25, 0.3) is 0 Å². The number of amides is 1. The Balaban J connectivity index is 1.40. The summed E-state index contributed by atoms with van der Waals surface area (Å²) in [7, 11) is 0. The average Bonchev–Trinajstić information content (AvgIpc) is 3.24. The first-order chi connectivity index (χ1) is 11.8. The van der Waals surface area contributed by atoms with E-state index in [1.807, 2.05) is 29.6 Å². The standard InChI is InChI=1S/C18H19N3OS2/c22-17(11-14-6-4-10-23-14)19-13-5-3-9-21(12-13)18-20-15-7-1-2-8-16(15)24-18/h1-2,4,6-8,10,13H,3,5,9,11-12H2,(H,19,22)/t13-/m1/s1. The summed E-state index contributed by atoms with van der Waals surface area (Å²) in [6.45, 7) is 1.85. The molecule has 2 aromatic heterocycles. The predicted octanol–water partition coefficient (Wildman–Crippen LogP) is 3.69. The lowest BCUT2D eigenvalue weighted by atomic mass is 10.1. The molecule has 0 unspecified atom stereocenters. The molecule has 0 bridgehead atoms. The maximum absolute atomic E-state index is 12.2. The number of hydrogen-bond acceptors (Lipinski definition) is 5. The van der Waals surface area contributed by atoms with Crippen molar-refractivity contribution in [2.24, 2.45) is 0 Å². The first-order valence-corrected chi connectivity index (χ1v) is 9.90. The molecule has 1 aliphatic heterocycles. The molecule has 6 heteroatoms. The number of benzene rings is 1. The molecule has 3 heterocycles. The second-order valence-electron chi connectivity index (χ2n) is 6.07. The number of thiazole rings is 1. The number of fused-ring (bicyclic) bond motifs is 1. The molecule has 4 nitrogen and oxygen atoms in total. The number of thiophene rings is 1. The van der Waals surface area contributed by atoms with Crippen LogP contribution in [0.25, 0.3) is 10.2 Å². The molecule has 1 aliphatic rings. The van der Waals surface area contributed by atoms with Gasteiger partial charge in [0.1, 0.15) is 0 Å². The van der Waals surface area contributed by atoms with Crippen LogP contribution in [0, 0.1) is 0 Å². The number of carbonyl (C=O) groups excluding carboxylic acids is 1. The van der Waals surface area contributed by atoms with Gasteiger partial charge in [-0.25, -0.2) is 4.98 Å². The van der Waals surface area contributed by atoms with Gasteiger partial charge >= 0.3 is 0 Å². The summed E-state index contributed by atoms with van der Waals surface area (Å²) in [6.07, 6.45) is 2.60. The van der Waals surface area contributed by atoms with Gasteiger partial charge in [-0.05, 0) is 36.4 Å². The molecule has 1 fully saturated rings. The first kappa shape index (κ1) is 15.6. The van der Waals surface area contributed by atoms with E-state index in [0.29, 0.717) is 6.42 Å². The lowest BCUT2D eigenvalue weighted by Gasteiger charge is -2.32. The van der Waals surface area contributed by atoms with Gasteiger partial charge in [0.2, 0.25) is 5.91 Å². The molecule has 0 aliphatic carbocycles. The number of anilines is 1. The smallest absolute Gasteiger partial charge is 0.225 e. The minimum atomic E-state index is 0.119. The second-order valence-corrected chi connectivity index (χ2v) is 8.11. The van der Waals surface area contributed by atoms with Crippen LogP contribution in [0.3, 0.4) is 0 Å². The van der Waals surface area contributed by atoms with Crippen LogP contribution in [-0.4, -0.2) is 30.0 Å². The number of piperidine rings is 1. The zero-order valence-corrected chi connectivity index (χ0v) is 14.9. The van der Waals surface area contributed by atoms with Crippen molar-refractivity contribution < 1.29 is 4.79 Å². The van der Waals surface area contributed by atoms with Crippen LogP contribution < -0.4 is 10.2 Å². The van der Waals surface area contributed by atoms with Crippen molar-refractivity contribution >= 4 is 43.9 Å². The van der Waals surface area contributed by atoms with E-state index in [2.05, 4.69) is 22.3 Å². The monoisotopic (exact) mass is 357 g/mol. The van der Waals surface area contributed by atoms with E-state index in [4.69, 9.17) is 4.98 Å². The Bertz CT molecular complexity index is 795. The molecule has 1 atom stereocenters. The van der Waals surface area contributed by atoms with Crippen LogP contribution in [0.5, 0.6) is 0 Å². The van der Waals surface area contributed by atoms with Gasteiger partial charge in [-0.2, -0.15) is 0 Å². The molecule has 0 spiro atoms. The van der Waals surface area contributed by atoms with Gasteiger partial charge < -0.3 is 10.2 Å². The number of nitrogens with one attached hydrogen (secondary N) is 1. The van der Waals surface area contributed by atoms with Crippen LogP contribution in [0.4, 0.5) is 5.13 Å². The molecule has 0 saturated carbocycles. The van der Waals surface area contributed by atoms with Crippen LogP contribution in [0.1, 0.15) is 17.7 Å². The number of carbonyl (C=O) groups is 1. The van der Waals surface area contributed by atoms with Gasteiger partial charge in [0, 0.05) is 24.0 Å². The lowest BCUT2D eigenvalue weighted by molar-refractivity contribution is -0.121.